The summed E-state index contributed by atoms with van der Waals surface area (Å²) in [7, 11) is 0. The average molecular weight is 348 g/mol. The molecule has 0 aliphatic carbocycles. The summed E-state index contributed by atoms with van der Waals surface area (Å²) in [6.45, 7) is 8.19. The molecule has 1 atom stereocenters. The molecule has 1 rings (SSSR count). The maximum Gasteiger partial charge on any atom is 0.311 e. The van der Waals surface area contributed by atoms with Crippen molar-refractivity contribution < 1.29 is 19.1 Å². The van der Waals surface area contributed by atoms with Crippen LogP contribution in [0.4, 0.5) is 0 Å². The van der Waals surface area contributed by atoms with Crippen molar-refractivity contribution in [3.63, 3.8) is 0 Å². The van der Waals surface area contributed by atoms with Gasteiger partial charge in [-0.3, -0.25) is 9.59 Å². The van der Waals surface area contributed by atoms with Gasteiger partial charge in [-0.15, -0.1) is 0 Å². The van der Waals surface area contributed by atoms with Crippen molar-refractivity contribution in [2.75, 3.05) is 0 Å². The zero-order chi connectivity index (χ0) is 18.7. The van der Waals surface area contributed by atoms with Crippen molar-refractivity contribution in [3.8, 4) is 5.75 Å². The third-order valence-corrected chi connectivity index (χ3v) is 4.07. The Kier molecular flexibility index (Phi) is 9.90. The number of benzene rings is 1. The molecule has 0 saturated heterocycles. The summed E-state index contributed by atoms with van der Waals surface area (Å²) in [6.07, 6.45) is 5.14. The lowest BCUT2D eigenvalue weighted by atomic mass is 10.0. The summed E-state index contributed by atoms with van der Waals surface area (Å²) in [6, 6.07) is 7.56. The number of ether oxygens (including phenoxy) is 2. The van der Waals surface area contributed by atoms with Crippen LogP contribution in [0.15, 0.2) is 24.3 Å². The molecule has 4 heteroatoms. The number of rotatable bonds is 11. The Labute approximate surface area is 151 Å². The van der Waals surface area contributed by atoms with Gasteiger partial charge in [0.05, 0.1) is 6.10 Å². The highest BCUT2D eigenvalue weighted by Gasteiger charge is 2.13. The van der Waals surface area contributed by atoms with Crippen molar-refractivity contribution in [1.29, 1.82) is 0 Å². The molecular weight excluding hydrogens is 316 g/mol. The second kappa shape index (κ2) is 11.7. The van der Waals surface area contributed by atoms with Gasteiger partial charge in [0.25, 0.3) is 0 Å². The molecule has 4 nitrogen and oxygen atoms in total. The van der Waals surface area contributed by atoms with E-state index in [1.54, 1.807) is 6.07 Å². The molecule has 0 spiro atoms. The van der Waals surface area contributed by atoms with E-state index < -0.39 is 0 Å². The Hall–Kier alpha value is -1.84. The van der Waals surface area contributed by atoms with Gasteiger partial charge in [0.15, 0.2) is 0 Å². The van der Waals surface area contributed by atoms with Crippen molar-refractivity contribution in [1.82, 2.24) is 0 Å². The Bertz CT molecular complexity index is 536. The van der Waals surface area contributed by atoms with E-state index in [9.17, 15) is 9.59 Å². The fraction of sp³-hybridized carbons (Fsp3) is 0.619. The van der Waals surface area contributed by atoms with Gasteiger partial charge < -0.3 is 9.47 Å². The van der Waals surface area contributed by atoms with E-state index in [0.29, 0.717) is 12.2 Å². The maximum absolute atomic E-state index is 12.0. The quantitative estimate of drug-likeness (QED) is 0.305. The minimum absolute atomic E-state index is 0.0519. The zero-order valence-electron chi connectivity index (χ0n) is 16.0. The molecule has 1 unspecified atom stereocenters. The molecule has 1 aromatic rings. The minimum atomic E-state index is -0.308. The van der Waals surface area contributed by atoms with E-state index in [-0.39, 0.29) is 36.8 Å². The number of hydrogen-bond acceptors (Lipinski definition) is 4. The van der Waals surface area contributed by atoms with E-state index in [0.717, 1.165) is 31.2 Å². The summed E-state index contributed by atoms with van der Waals surface area (Å²) in [5.74, 6) is 0.346. The molecule has 0 radical (unpaired) electrons. The van der Waals surface area contributed by atoms with Crippen LogP contribution in [0.1, 0.15) is 84.1 Å². The Morgan fingerprint density at radius 1 is 0.960 bits per heavy atom. The number of esters is 2. The topological polar surface area (TPSA) is 52.6 Å². The SMILES string of the molecule is CCCCCC(C)OC(=O)CCCC(=O)Oc1ccccc1C(C)C. The molecule has 0 fully saturated rings. The molecule has 0 N–H and O–H groups in total. The first-order valence-corrected chi connectivity index (χ1v) is 9.43. The second-order valence-corrected chi connectivity index (χ2v) is 6.82. The standard InChI is InChI=1S/C21H32O4/c1-5-6-7-11-17(4)24-20(22)14-10-15-21(23)25-19-13-9-8-12-18(19)16(2)3/h8-9,12-13,16-17H,5-7,10-11,14-15H2,1-4H3. The number of carbonyl (C=O) groups excluding carboxylic acids is 2. The average Bonchev–Trinajstić information content (AvgIpc) is 2.55. The van der Waals surface area contributed by atoms with Gasteiger partial charge in [0.2, 0.25) is 0 Å². The number of unbranched alkanes of at least 4 members (excludes halogenated alkanes) is 2. The van der Waals surface area contributed by atoms with E-state index in [1.165, 1.54) is 0 Å². The first kappa shape index (κ1) is 21.2. The third kappa shape index (κ3) is 8.71. The van der Waals surface area contributed by atoms with Crippen LogP contribution in [0.5, 0.6) is 5.75 Å². The van der Waals surface area contributed by atoms with Gasteiger partial charge in [0.1, 0.15) is 5.75 Å². The minimum Gasteiger partial charge on any atom is -0.463 e. The van der Waals surface area contributed by atoms with Gasteiger partial charge in [-0.2, -0.15) is 0 Å². The summed E-state index contributed by atoms with van der Waals surface area (Å²) >= 11 is 0. The van der Waals surface area contributed by atoms with Crippen LogP contribution >= 0.6 is 0 Å². The molecule has 0 amide bonds. The number of para-hydroxylation sites is 1. The van der Waals surface area contributed by atoms with Crippen LogP contribution in [0.3, 0.4) is 0 Å². The molecular formula is C21H32O4. The van der Waals surface area contributed by atoms with Crippen molar-refractivity contribution in [2.45, 2.75) is 84.7 Å². The van der Waals surface area contributed by atoms with Crippen LogP contribution in [0.2, 0.25) is 0 Å². The molecule has 0 aromatic heterocycles. The molecule has 0 aliphatic rings. The smallest absolute Gasteiger partial charge is 0.311 e. The predicted molar refractivity (Wildman–Crippen MR) is 99.7 cm³/mol. The highest BCUT2D eigenvalue weighted by atomic mass is 16.5. The number of hydrogen-bond donors (Lipinski definition) is 0. The highest BCUT2D eigenvalue weighted by Crippen LogP contribution is 2.26. The largest absolute Gasteiger partial charge is 0.463 e. The van der Waals surface area contributed by atoms with E-state index in [2.05, 4.69) is 20.8 Å². The van der Waals surface area contributed by atoms with E-state index in [1.807, 2.05) is 25.1 Å². The second-order valence-electron chi connectivity index (χ2n) is 6.82. The van der Waals surface area contributed by atoms with Crippen LogP contribution in [-0.4, -0.2) is 18.0 Å². The van der Waals surface area contributed by atoms with Crippen LogP contribution in [-0.2, 0) is 14.3 Å². The van der Waals surface area contributed by atoms with Crippen LogP contribution in [0, 0.1) is 0 Å². The summed E-state index contributed by atoms with van der Waals surface area (Å²) in [4.78, 5) is 23.8. The van der Waals surface area contributed by atoms with Gasteiger partial charge in [-0.05, 0) is 43.7 Å². The highest BCUT2D eigenvalue weighted by molar-refractivity contribution is 5.74. The monoisotopic (exact) mass is 348 g/mol. The van der Waals surface area contributed by atoms with E-state index in [4.69, 9.17) is 9.47 Å². The summed E-state index contributed by atoms with van der Waals surface area (Å²) < 4.78 is 10.8. The maximum atomic E-state index is 12.0. The van der Waals surface area contributed by atoms with Gasteiger partial charge in [-0.25, -0.2) is 0 Å². The first-order chi connectivity index (χ1) is 11.9. The third-order valence-electron chi connectivity index (χ3n) is 4.07. The molecule has 25 heavy (non-hydrogen) atoms. The summed E-state index contributed by atoms with van der Waals surface area (Å²) in [5.41, 5.74) is 1.01. The number of carbonyl (C=O) groups is 2. The lowest BCUT2D eigenvalue weighted by Gasteiger charge is -2.13. The fourth-order valence-corrected chi connectivity index (χ4v) is 2.63. The Morgan fingerprint density at radius 3 is 2.32 bits per heavy atom. The summed E-state index contributed by atoms with van der Waals surface area (Å²) in [5, 5.41) is 0. The zero-order valence-corrected chi connectivity index (χ0v) is 16.0. The molecule has 0 bridgehead atoms. The van der Waals surface area contributed by atoms with Gasteiger partial charge >= 0.3 is 11.9 Å². The predicted octanol–water partition coefficient (Wildman–Crippen LogP) is 5.40. The lowest BCUT2D eigenvalue weighted by molar-refractivity contribution is -0.148. The molecule has 0 aliphatic heterocycles. The van der Waals surface area contributed by atoms with Crippen LogP contribution in [0.25, 0.3) is 0 Å². The molecule has 1 aromatic carbocycles. The van der Waals surface area contributed by atoms with Crippen LogP contribution < -0.4 is 4.74 Å². The van der Waals surface area contributed by atoms with Crippen molar-refractivity contribution in [2.24, 2.45) is 0 Å². The van der Waals surface area contributed by atoms with E-state index >= 15 is 0 Å². The van der Waals surface area contributed by atoms with Gasteiger partial charge in [-0.1, -0.05) is 51.8 Å². The Morgan fingerprint density at radius 2 is 1.64 bits per heavy atom. The first-order valence-electron chi connectivity index (χ1n) is 9.43. The fourth-order valence-electron chi connectivity index (χ4n) is 2.63. The Balaban J connectivity index is 2.30. The van der Waals surface area contributed by atoms with Crippen molar-refractivity contribution >= 4 is 11.9 Å². The molecule has 0 saturated carbocycles. The van der Waals surface area contributed by atoms with Gasteiger partial charge in [0, 0.05) is 12.8 Å². The molecule has 140 valence electrons. The normalized spacial score (nSPS) is 12.0. The van der Waals surface area contributed by atoms with Crippen molar-refractivity contribution in [3.05, 3.63) is 29.8 Å². The molecule has 0 heterocycles. The lowest BCUT2D eigenvalue weighted by Crippen LogP contribution is -2.16.